The Kier molecular flexibility index (Phi) is 6.46. The molecule has 0 fully saturated rings. The molecule has 1 unspecified atom stereocenters. The molecule has 1 atom stereocenters. The molecule has 1 aromatic heterocycles. The summed E-state index contributed by atoms with van der Waals surface area (Å²) < 4.78 is 0. The van der Waals surface area contributed by atoms with Crippen LogP contribution in [-0.4, -0.2) is 22.8 Å². The van der Waals surface area contributed by atoms with Gasteiger partial charge in [-0.15, -0.1) is 0 Å². The quantitative estimate of drug-likeness (QED) is 0.378. The van der Waals surface area contributed by atoms with Crippen LogP contribution in [0.1, 0.15) is 28.4 Å². The first-order chi connectivity index (χ1) is 15.6. The molecule has 0 aliphatic heterocycles. The Morgan fingerprint density at radius 2 is 1.56 bits per heavy atom. The molecule has 0 saturated heterocycles. The van der Waals surface area contributed by atoms with E-state index in [0.717, 1.165) is 22.0 Å². The van der Waals surface area contributed by atoms with Crippen molar-refractivity contribution in [3.63, 3.8) is 0 Å². The van der Waals surface area contributed by atoms with Gasteiger partial charge in [0.1, 0.15) is 5.70 Å². The van der Waals surface area contributed by atoms with E-state index in [-0.39, 0.29) is 23.6 Å². The second kappa shape index (κ2) is 9.79. The summed E-state index contributed by atoms with van der Waals surface area (Å²) in [5.41, 5.74) is 3.61. The van der Waals surface area contributed by atoms with Crippen LogP contribution in [0, 0.1) is 0 Å². The molecule has 1 heterocycles. The highest BCUT2D eigenvalue weighted by molar-refractivity contribution is 6.06. The predicted octanol–water partition coefficient (Wildman–Crippen LogP) is 4.69. The van der Waals surface area contributed by atoms with Gasteiger partial charge in [0.2, 0.25) is 0 Å². The highest BCUT2D eigenvalue weighted by atomic mass is 16.2. The number of rotatable bonds is 7. The lowest BCUT2D eigenvalue weighted by Gasteiger charge is -2.16. The van der Waals surface area contributed by atoms with E-state index in [2.05, 4.69) is 15.6 Å². The maximum absolute atomic E-state index is 13.2. The fourth-order valence-corrected chi connectivity index (χ4v) is 3.63. The number of carbonyl (C=O) groups excluding carboxylic acids is 2. The SMILES string of the molecule is CC(Cc1ccccc1)NC(=O)C(=Cc1c[nH]c2ccccc12)NC(=O)c1ccccc1. The molecule has 3 N–H and O–H groups in total. The third-order valence-electron chi connectivity index (χ3n) is 5.21. The van der Waals surface area contributed by atoms with Gasteiger partial charge in [-0.2, -0.15) is 0 Å². The molecule has 0 spiro atoms. The zero-order valence-corrected chi connectivity index (χ0v) is 17.8. The first-order valence-corrected chi connectivity index (χ1v) is 10.6. The molecule has 3 aromatic carbocycles. The van der Waals surface area contributed by atoms with Crippen LogP contribution in [0.5, 0.6) is 0 Å². The summed E-state index contributed by atoms with van der Waals surface area (Å²) in [6, 6.07) is 26.6. The van der Waals surface area contributed by atoms with Crippen molar-refractivity contribution in [3.05, 3.63) is 114 Å². The van der Waals surface area contributed by atoms with Gasteiger partial charge >= 0.3 is 0 Å². The normalized spacial score (nSPS) is 12.3. The van der Waals surface area contributed by atoms with E-state index in [1.54, 1.807) is 30.3 Å². The van der Waals surface area contributed by atoms with Crippen molar-refractivity contribution in [2.45, 2.75) is 19.4 Å². The molecule has 2 amide bonds. The molecule has 4 rings (SSSR count). The van der Waals surface area contributed by atoms with Crippen LogP contribution in [0.25, 0.3) is 17.0 Å². The second-order valence-corrected chi connectivity index (χ2v) is 7.73. The average Bonchev–Trinajstić information content (AvgIpc) is 3.22. The number of aromatic nitrogens is 1. The second-order valence-electron chi connectivity index (χ2n) is 7.73. The van der Waals surface area contributed by atoms with Gasteiger partial charge in [0.25, 0.3) is 11.8 Å². The van der Waals surface area contributed by atoms with Crippen molar-refractivity contribution in [3.8, 4) is 0 Å². The lowest BCUT2D eigenvalue weighted by Crippen LogP contribution is -2.40. The van der Waals surface area contributed by atoms with Crippen molar-refractivity contribution in [1.29, 1.82) is 0 Å². The number of amides is 2. The van der Waals surface area contributed by atoms with Crippen LogP contribution in [-0.2, 0) is 11.2 Å². The standard InChI is InChI=1S/C27H25N3O2/c1-19(16-20-10-4-2-5-11-20)29-27(32)25(30-26(31)21-12-6-3-7-13-21)17-22-18-28-24-15-9-8-14-23(22)24/h2-15,17-19,28H,16H2,1H3,(H,29,32)(H,30,31). The van der Waals surface area contributed by atoms with Crippen molar-refractivity contribution in [2.75, 3.05) is 0 Å². The molecule has 0 radical (unpaired) electrons. The number of fused-ring (bicyclic) bond motifs is 1. The number of hydrogen-bond donors (Lipinski definition) is 3. The minimum absolute atomic E-state index is 0.107. The van der Waals surface area contributed by atoms with Gasteiger partial charge in [-0.05, 0) is 43.2 Å². The van der Waals surface area contributed by atoms with Crippen LogP contribution >= 0.6 is 0 Å². The zero-order chi connectivity index (χ0) is 22.3. The van der Waals surface area contributed by atoms with Crippen molar-refractivity contribution < 1.29 is 9.59 Å². The monoisotopic (exact) mass is 423 g/mol. The van der Waals surface area contributed by atoms with Crippen LogP contribution < -0.4 is 10.6 Å². The van der Waals surface area contributed by atoms with E-state index in [9.17, 15) is 9.59 Å². The minimum Gasteiger partial charge on any atom is -0.361 e. The minimum atomic E-state index is -0.331. The Bertz CT molecular complexity index is 1240. The summed E-state index contributed by atoms with van der Waals surface area (Å²) in [5, 5.41) is 6.79. The third kappa shape index (κ3) is 5.13. The molecule has 160 valence electrons. The fourth-order valence-electron chi connectivity index (χ4n) is 3.63. The Morgan fingerprint density at radius 1 is 0.906 bits per heavy atom. The highest BCUT2D eigenvalue weighted by Gasteiger charge is 2.17. The van der Waals surface area contributed by atoms with Gasteiger partial charge in [-0.1, -0.05) is 66.7 Å². The first kappa shape index (κ1) is 21.1. The molecule has 5 heteroatoms. The van der Waals surface area contributed by atoms with Crippen molar-refractivity contribution >= 4 is 28.8 Å². The summed E-state index contributed by atoms with van der Waals surface area (Å²) in [6.45, 7) is 1.95. The number of benzene rings is 3. The molecule has 0 saturated carbocycles. The number of para-hydroxylation sites is 1. The van der Waals surface area contributed by atoms with E-state index in [1.807, 2.05) is 73.8 Å². The summed E-state index contributed by atoms with van der Waals surface area (Å²) in [5.74, 6) is -0.662. The number of H-pyrrole nitrogens is 1. The van der Waals surface area contributed by atoms with Crippen molar-refractivity contribution in [2.24, 2.45) is 0 Å². The number of aromatic amines is 1. The summed E-state index contributed by atoms with van der Waals surface area (Å²) in [4.78, 5) is 29.2. The molecule has 32 heavy (non-hydrogen) atoms. The topological polar surface area (TPSA) is 74.0 Å². The zero-order valence-electron chi connectivity index (χ0n) is 17.8. The molecular formula is C27H25N3O2. The van der Waals surface area contributed by atoms with Crippen LogP contribution in [0.2, 0.25) is 0 Å². The number of carbonyl (C=O) groups is 2. The molecule has 5 nitrogen and oxygen atoms in total. The first-order valence-electron chi connectivity index (χ1n) is 10.6. The fraction of sp³-hybridized carbons (Fsp3) is 0.111. The van der Waals surface area contributed by atoms with Crippen LogP contribution in [0.4, 0.5) is 0 Å². The lowest BCUT2D eigenvalue weighted by atomic mass is 10.1. The molecule has 4 aromatic rings. The Balaban J connectivity index is 1.59. The van der Waals surface area contributed by atoms with Crippen molar-refractivity contribution in [1.82, 2.24) is 15.6 Å². The van der Waals surface area contributed by atoms with Gasteiger partial charge in [0.05, 0.1) is 0 Å². The molecular weight excluding hydrogens is 398 g/mol. The maximum atomic E-state index is 13.2. The van der Waals surface area contributed by atoms with E-state index in [4.69, 9.17) is 0 Å². The molecule has 0 bridgehead atoms. The highest BCUT2D eigenvalue weighted by Crippen LogP contribution is 2.20. The van der Waals surface area contributed by atoms with Crippen LogP contribution in [0.3, 0.4) is 0 Å². The number of nitrogens with one attached hydrogen (secondary N) is 3. The maximum Gasteiger partial charge on any atom is 0.268 e. The number of hydrogen-bond acceptors (Lipinski definition) is 2. The summed E-state index contributed by atoms with van der Waals surface area (Å²) in [7, 11) is 0. The van der Waals surface area contributed by atoms with Gasteiger partial charge in [-0.25, -0.2) is 0 Å². The molecule has 0 aliphatic rings. The summed E-state index contributed by atoms with van der Waals surface area (Å²) >= 11 is 0. The average molecular weight is 424 g/mol. The van der Waals surface area contributed by atoms with Gasteiger partial charge < -0.3 is 15.6 Å². The smallest absolute Gasteiger partial charge is 0.268 e. The van der Waals surface area contributed by atoms with Gasteiger partial charge in [-0.3, -0.25) is 9.59 Å². The summed E-state index contributed by atoms with van der Waals surface area (Å²) in [6.07, 6.45) is 4.24. The largest absolute Gasteiger partial charge is 0.361 e. The van der Waals surface area contributed by atoms with E-state index >= 15 is 0 Å². The van der Waals surface area contributed by atoms with Crippen LogP contribution in [0.15, 0.2) is 96.8 Å². The Hall–Kier alpha value is -4.12. The third-order valence-corrected chi connectivity index (χ3v) is 5.21. The van der Waals surface area contributed by atoms with E-state index in [1.165, 1.54) is 0 Å². The van der Waals surface area contributed by atoms with Gasteiger partial charge in [0, 0.05) is 34.3 Å². The molecule has 0 aliphatic carbocycles. The van der Waals surface area contributed by atoms with Gasteiger partial charge in [0.15, 0.2) is 0 Å². The lowest BCUT2D eigenvalue weighted by molar-refractivity contribution is -0.118. The van der Waals surface area contributed by atoms with E-state index in [0.29, 0.717) is 12.0 Å². The Morgan fingerprint density at radius 3 is 2.31 bits per heavy atom. The van der Waals surface area contributed by atoms with E-state index < -0.39 is 0 Å². The predicted molar refractivity (Wildman–Crippen MR) is 128 cm³/mol. The Labute approximate surface area is 187 Å².